The Kier molecular flexibility index (Phi) is 3.54. The lowest BCUT2D eigenvalue weighted by molar-refractivity contribution is 0.299. The van der Waals surface area contributed by atoms with E-state index >= 15 is 0 Å². The molecule has 0 spiro atoms. The predicted molar refractivity (Wildman–Crippen MR) is 78.4 cm³/mol. The van der Waals surface area contributed by atoms with Gasteiger partial charge in [-0.3, -0.25) is 4.90 Å². The van der Waals surface area contributed by atoms with E-state index in [2.05, 4.69) is 4.90 Å². The normalized spacial score (nSPS) is 26.6. The van der Waals surface area contributed by atoms with Crippen LogP contribution in [0.1, 0.15) is 30.4 Å². The van der Waals surface area contributed by atoms with Gasteiger partial charge in [0.25, 0.3) is 0 Å². The van der Waals surface area contributed by atoms with Crippen LogP contribution in [-0.2, 0) is 6.54 Å². The maximum Gasteiger partial charge on any atom is 0.127 e. The molecule has 1 saturated heterocycles. The lowest BCUT2D eigenvalue weighted by Crippen LogP contribution is -2.22. The Labute approximate surface area is 118 Å². The molecule has 102 valence electrons. The molecule has 1 heterocycles. The van der Waals surface area contributed by atoms with E-state index in [0.717, 1.165) is 30.5 Å². The fraction of sp³-hybridized carbons (Fsp3) is 0.533. The molecule has 2 unspecified atom stereocenters. The third kappa shape index (κ3) is 2.65. The van der Waals surface area contributed by atoms with Gasteiger partial charge in [-0.2, -0.15) is 0 Å². The maximum atomic E-state index is 13.9. The van der Waals surface area contributed by atoms with Gasteiger partial charge < -0.3 is 5.73 Å². The largest absolute Gasteiger partial charge is 0.389 e. The third-order valence-electron chi connectivity index (χ3n) is 4.53. The summed E-state index contributed by atoms with van der Waals surface area (Å²) in [6.45, 7) is 2.90. The van der Waals surface area contributed by atoms with Crippen LogP contribution in [0.3, 0.4) is 0 Å². The highest BCUT2D eigenvalue weighted by atomic mass is 32.1. The summed E-state index contributed by atoms with van der Waals surface area (Å²) in [6.07, 6.45) is 4.06. The molecule has 2 nitrogen and oxygen atoms in total. The second-order valence-electron chi connectivity index (χ2n) is 5.82. The summed E-state index contributed by atoms with van der Waals surface area (Å²) < 4.78 is 13.9. The number of nitrogens with zero attached hydrogens (tertiary/aromatic N) is 1. The van der Waals surface area contributed by atoms with E-state index in [9.17, 15) is 4.39 Å². The van der Waals surface area contributed by atoms with Gasteiger partial charge in [0.05, 0.1) is 0 Å². The number of fused-ring (bicyclic) bond motifs is 1. The second-order valence-corrected chi connectivity index (χ2v) is 6.26. The van der Waals surface area contributed by atoms with Gasteiger partial charge >= 0.3 is 0 Å². The molecule has 4 heteroatoms. The van der Waals surface area contributed by atoms with Gasteiger partial charge in [0, 0.05) is 30.8 Å². The minimum Gasteiger partial charge on any atom is -0.389 e. The van der Waals surface area contributed by atoms with Crippen LogP contribution in [0.25, 0.3) is 0 Å². The topological polar surface area (TPSA) is 29.3 Å². The van der Waals surface area contributed by atoms with E-state index in [0.29, 0.717) is 17.1 Å². The Bertz CT molecular complexity index is 491. The zero-order chi connectivity index (χ0) is 13.4. The van der Waals surface area contributed by atoms with Crippen molar-refractivity contribution in [1.29, 1.82) is 0 Å². The van der Waals surface area contributed by atoms with Crippen LogP contribution < -0.4 is 5.73 Å². The first-order valence-corrected chi connectivity index (χ1v) is 7.35. The molecule has 0 radical (unpaired) electrons. The van der Waals surface area contributed by atoms with E-state index in [4.69, 9.17) is 18.0 Å². The van der Waals surface area contributed by atoms with Crippen molar-refractivity contribution in [2.45, 2.75) is 25.8 Å². The smallest absolute Gasteiger partial charge is 0.127 e. The molecule has 2 N–H and O–H groups in total. The van der Waals surface area contributed by atoms with Gasteiger partial charge in [0.1, 0.15) is 10.8 Å². The fourth-order valence-electron chi connectivity index (χ4n) is 3.55. The number of nitrogens with two attached hydrogens (primary N) is 1. The lowest BCUT2D eigenvalue weighted by Gasteiger charge is -2.17. The van der Waals surface area contributed by atoms with Crippen molar-refractivity contribution < 1.29 is 4.39 Å². The quantitative estimate of drug-likeness (QED) is 0.862. The van der Waals surface area contributed by atoms with Gasteiger partial charge in [-0.05, 0) is 42.9 Å². The molecule has 2 fully saturated rings. The summed E-state index contributed by atoms with van der Waals surface area (Å²) in [5.74, 6) is 1.51. The molecular weight excluding hydrogens is 259 g/mol. The van der Waals surface area contributed by atoms with Crippen molar-refractivity contribution in [2.75, 3.05) is 13.1 Å². The van der Waals surface area contributed by atoms with Crippen molar-refractivity contribution in [1.82, 2.24) is 4.90 Å². The predicted octanol–water partition coefficient (Wildman–Crippen LogP) is 2.69. The zero-order valence-electron chi connectivity index (χ0n) is 10.9. The van der Waals surface area contributed by atoms with E-state index in [-0.39, 0.29) is 5.82 Å². The molecule has 0 aromatic heterocycles. The average Bonchev–Trinajstić information content (AvgIpc) is 2.92. The van der Waals surface area contributed by atoms with Crippen LogP contribution >= 0.6 is 12.2 Å². The van der Waals surface area contributed by atoms with Gasteiger partial charge in [0.15, 0.2) is 0 Å². The molecular formula is C15H19FN2S. The second kappa shape index (κ2) is 5.17. The van der Waals surface area contributed by atoms with E-state index in [1.165, 1.54) is 25.3 Å². The number of rotatable bonds is 3. The van der Waals surface area contributed by atoms with Gasteiger partial charge in [-0.25, -0.2) is 4.39 Å². The molecule has 1 saturated carbocycles. The molecule has 1 aliphatic heterocycles. The van der Waals surface area contributed by atoms with Crippen LogP contribution in [-0.4, -0.2) is 23.0 Å². The maximum absolute atomic E-state index is 13.9. The molecule has 1 aromatic carbocycles. The number of hydrogen-bond acceptors (Lipinski definition) is 2. The molecule has 1 aliphatic carbocycles. The first kappa shape index (κ1) is 13.0. The molecule has 3 rings (SSSR count). The van der Waals surface area contributed by atoms with Crippen molar-refractivity contribution in [3.05, 3.63) is 35.1 Å². The van der Waals surface area contributed by atoms with Crippen molar-refractivity contribution in [3.63, 3.8) is 0 Å². The number of thiocarbonyl (C=S) groups is 1. The van der Waals surface area contributed by atoms with E-state index in [1.807, 2.05) is 0 Å². The monoisotopic (exact) mass is 278 g/mol. The summed E-state index contributed by atoms with van der Waals surface area (Å²) in [4.78, 5) is 2.70. The summed E-state index contributed by atoms with van der Waals surface area (Å²) in [7, 11) is 0. The van der Waals surface area contributed by atoms with Crippen LogP contribution in [0, 0.1) is 17.7 Å². The molecule has 0 amide bonds. The summed E-state index contributed by atoms with van der Waals surface area (Å²) >= 11 is 4.95. The van der Waals surface area contributed by atoms with E-state index in [1.54, 1.807) is 12.1 Å². The Morgan fingerprint density at radius 2 is 2.00 bits per heavy atom. The number of halogens is 1. The summed E-state index contributed by atoms with van der Waals surface area (Å²) in [5, 5.41) is 0. The number of hydrogen-bond donors (Lipinski definition) is 1. The minimum absolute atomic E-state index is 0.156. The highest BCUT2D eigenvalue weighted by Gasteiger charge is 2.35. The SMILES string of the molecule is NC(=S)c1ccc(F)c(CN2CC3CCCC3C2)c1. The highest BCUT2D eigenvalue weighted by Crippen LogP contribution is 2.38. The highest BCUT2D eigenvalue weighted by molar-refractivity contribution is 7.80. The van der Waals surface area contributed by atoms with Crippen LogP contribution in [0.5, 0.6) is 0 Å². The first-order valence-electron chi connectivity index (χ1n) is 6.94. The Morgan fingerprint density at radius 3 is 2.63 bits per heavy atom. The summed E-state index contributed by atoms with van der Waals surface area (Å²) in [6, 6.07) is 4.92. The molecule has 2 atom stereocenters. The Hall–Kier alpha value is -1.00. The van der Waals surface area contributed by atoms with E-state index < -0.39 is 0 Å². The Balaban J connectivity index is 1.73. The van der Waals surface area contributed by atoms with Gasteiger partial charge in [-0.1, -0.05) is 18.6 Å². The van der Waals surface area contributed by atoms with Crippen LogP contribution in [0.4, 0.5) is 4.39 Å². The molecule has 0 bridgehead atoms. The summed E-state index contributed by atoms with van der Waals surface area (Å²) in [5.41, 5.74) is 7.08. The molecule has 1 aromatic rings. The minimum atomic E-state index is -0.156. The lowest BCUT2D eigenvalue weighted by atomic mass is 10.0. The van der Waals surface area contributed by atoms with Crippen LogP contribution in [0.2, 0.25) is 0 Å². The van der Waals surface area contributed by atoms with Crippen molar-refractivity contribution in [2.24, 2.45) is 17.6 Å². The molecule has 19 heavy (non-hydrogen) atoms. The number of benzene rings is 1. The number of likely N-dealkylation sites (tertiary alicyclic amines) is 1. The fourth-order valence-corrected chi connectivity index (χ4v) is 3.68. The zero-order valence-corrected chi connectivity index (χ0v) is 11.8. The Morgan fingerprint density at radius 1 is 1.32 bits per heavy atom. The third-order valence-corrected chi connectivity index (χ3v) is 4.76. The van der Waals surface area contributed by atoms with Crippen molar-refractivity contribution in [3.8, 4) is 0 Å². The van der Waals surface area contributed by atoms with Crippen molar-refractivity contribution >= 4 is 17.2 Å². The first-order chi connectivity index (χ1) is 9.13. The molecule has 2 aliphatic rings. The average molecular weight is 278 g/mol. The standard InChI is InChI=1S/C15H19FN2S/c16-14-5-4-10(15(17)19)6-13(14)9-18-7-11-2-1-3-12(11)8-18/h4-6,11-12H,1-3,7-9H2,(H2,17,19). The van der Waals surface area contributed by atoms with Gasteiger partial charge in [0.2, 0.25) is 0 Å². The van der Waals surface area contributed by atoms with Crippen LogP contribution in [0.15, 0.2) is 18.2 Å². The van der Waals surface area contributed by atoms with Gasteiger partial charge in [-0.15, -0.1) is 0 Å².